The molecular weight excluding hydrogens is 306 g/mol. The van der Waals surface area contributed by atoms with Crippen LogP contribution in [0.3, 0.4) is 0 Å². The summed E-state index contributed by atoms with van der Waals surface area (Å²) in [5.41, 5.74) is 0.469. The van der Waals surface area contributed by atoms with E-state index in [9.17, 15) is 14.4 Å². The SMILES string of the molecule is O=C(Cn1ccccc1=O)N1CCN(C(=O)c2ccccc2)CC1. The molecule has 1 saturated heterocycles. The molecule has 1 fully saturated rings. The van der Waals surface area contributed by atoms with Crippen LogP contribution in [-0.2, 0) is 11.3 Å². The summed E-state index contributed by atoms with van der Waals surface area (Å²) in [7, 11) is 0. The Hall–Kier alpha value is -2.89. The molecule has 1 aliphatic rings. The van der Waals surface area contributed by atoms with E-state index in [1.165, 1.54) is 10.6 Å². The van der Waals surface area contributed by atoms with E-state index in [2.05, 4.69) is 0 Å². The highest BCUT2D eigenvalue weighted by atomic mass is 16.2. The molecule has 6 heteroatoms. The van der Waals surface area contributed by atoms with Gasteiger partial charge in [0.05, 0.1) is 0 Å². The van der Waals surface area contributed by atoms with Gasteiger partial charge in [-0.25, -0.2) is 0 Å². The van der Waals surface area contributed by atoms with Gasteiger partial charge in [-0.05, 0) is 18.2 Å². The number of hydrogen-bond donors (Lipinski definition) is 0. The molecular formula is C18H19N3O3. The van der Waals surface area contributed by atoms with Crippen molar-refractivity contribution >= 4 is 11.8 Å². The van der Waals surface area contributed by atoms with E-state index in [0.717, 1.165) is 0 Å². The zero-order valence-electron chi connectivity index (χ0n) is 13.3. The Labute approximate surface area is 139 Å². The average molecular weight is 325 g/mol. The number of carbonyl (C=O) groups excluding carboxylic acids is 2. The van der Waals surface area contributed by atoms with Gasteiger partial charge in [-0.15, -0.1) is 0 Å². The molecule has 2 heterocycles. The number of hydrogen-bond acceptors (Lipinski definition) is 3. The van der Waals surface area contributed by atoms with E-state index in [0.29, 0.717) is 31.7 Å². The molecule has 3 rings (SSSR count). The van der Waals surface area contributed by atoms with Crippen molar-refractivity contribution in [2.45, 2.75) is 6.54 Å². The first-order valence-corrected chi connectivity index (χ1v) is 7.93. The van der Waals surface area contributed by atoms with Gasteiger partial charge < -0.3 is 14.4 Å². The third-order valence-corrected chi connectivity index (χ3v) is 4.14. The number of amides is 2. The number of rotatable bonds is 3. The molecule has 24 heavy (non-hydrogen) atoms. The minimum absolute atomic E-state index is 0.0121. The van der Waals surface area contributed by atoms with Gasteiger partial charge in [0.1, 0.15) is 6.54 Å². The molecule has 1 aromatic heterocycles. The molecule has 6 nitrogen and oxygen atoms in total. The van der Waals surface area contributed by atoms with Crippen molar-refractivity contribution in [3.05, 3.63) is 70.6 Å². The Morgan fingerprint density at radius 2 is 1.46 bits per heavy atom. The van der Waals surface area contributed by atoms with Crippen molar-refractivity contribution in [3.8, 4) is 0 Å². The zero-order valence-corrected chi connectivity index (χ0v) is 13.3. The third-order valence-electron chi connectivity index (χ3n) is 4.14. The number of pyridine rings is 1. The number of aromatic nitrogens is 1. The van der Waals surface area contributed by atoms with Gasteiger partial charge >= 0.3 is 0 Å². The van der Waals surface area contributed by atoms with Crippen LogP contribution in [-0.4, -0.2) is 52.4 Å². The van der Waals surface area contributed by atoms with Crippen molar-refractivity contribution < 1.29 is 9.59 Å². The van der Waals surface area contributed by atoms with Crippen LogP contribution in [0.2, 0.25) is 0 Å². The van der Waals surface area contributed by atoms with E-state index >= 15 is 0 Å². The molecule has 0 atom stereocenters. The van der Waals surface area contributed by atoms with E-state index in [1.54, 1.807) is 40.3 Å². The molecule has 0 spiro atoms. The maximum absolute atomic E-state index is 12.4. The molecule has 0 N–H and O–H groups in total. The Morgan fingerprint density at radius 3 is 2.12 bits per heavy atom. The Morgan fingerprint density at radius 1 is 0.833 bits per heavy atom. The second kappa shape index (κ2) is 7.12. The molecule has 1 aliphatic heterocycles. The lowest BCUT2D eigenvalue weighted by molar-refractivity contribution is -0.133. The first-order chi connectivity index (χ1) is 11.6. The molecule has 0 aliphatic carbocycles. The lowest BCUT2D eigenvalue weighted by Crippen LogP contribution is -2.51. The van der Waals surface area contributed by atoms with Gasteiger partial charge in [0.25, 0.3) is 11.5 Å². The lowest BCUT2D eigenvalue weighted by Gasteiger charge is -2.35. The summed E-state index contributed by atoms with van der Waals surface area (Å²) < 4.78 is 1.39. The summed E-state index contributed by atoms with van der Waals surface area (Å²) >= 11 is 0. The molecule has 1 aromatic carbocycles. The van der Waals surface area contributed by atoms with E-state index in [-0.39, 0.29) is 23.9 Å². The van der Waals surface area contributed by atoms with Gasteiger partial charge in [0, 0.05) is 44.0 Å². The predicted molar refractivity (Wildman–Crippen MR) is 89.6 cm³/mol. The lowest BCUT2D eigenvalue weighted by atomic mass is 10.2. The maximum atomic E-state index is 12.4. The van der Waals surface area contributed by atoms with Crippen molar-refractivity contribution in [2.24, 2.45) is 0 Å². The second-order valence-electron chi connectivity index (χ2n) is 5.71. The predicted octanol–water partition coefficient (Wildman–Crippen LogP) is 0.833. The highest BCUT2D eigenvalue weighted by molar-refractivity contribution is 5.94. The molecule has 0 unspecified atom stereocenters. The summed E-state index contributed by atoms with van der Waals surface area (Å²) in [6, 6.07) is 13.9. The maximum Gasteiger partial charge on any atom is 0.253 e. The molecule has 2 aromatic rings. The number of piperazine rings is 1. The van der Waals surface area contributed by atoms with Crippen molar-refractivity contribution in [1.29, 1.82) is 0 Å². The number of nitrogens with zero attached hydrogens (tertiary/aromatic N) is 3. The van der Waals surface area contributed by atoms with Gasteiger partial charge in [-0.3, -0.25) is 14.4 Å². The summed E-state index contributed by atoms with van der Waals surface area (Å²) in [5.74, 6) is -0.114. The highest BCUT2D eigenvalue weighted by Crippen LogP contribution is 2.09. The van der Waals surface area contributed by atoms with Gasteiger partial charge in [-0.1, -0.05) is 24.3 Å². The zero-order chi connectivity index (χ0) is 16.9. The summed E-state index contributed by atoms with van der Waals surface area (Å²) in [6.07, 6.45) is 1.61. The van der Waals surface area contributed by atoms with E-state index in [1.807, 2.05) is 18.2 Å². The van der Waals surface area contributed by atoms with Crippen LogP contribution in [0.1, 0.15) is 10.4 Å². The van der Waals surface area contributed by atoms with Crippen LogP contribution in [0.4, 0.5) is 0 Å². The average Bonchev–Trinajstić information content (AvgIpc) is 2.64. The fraction of sp³-hybridized carbons (Fsp3) is 0.278. The summed E-state index contributed by atoms with van der Waals surface area (Å²) in [4.78, 5) is 39.9. The minimum Gasteiger partial charge on any atom is -0.338 e. The fourth-order valence-corrected chi connectivity index (χ4v) is 2.76. The fourth-order valence-electron chi connectivity index (χ4n) is 2.76. The van der Waals surface area contributed by atoms with Gasteiger partial charge in [0.2, 0.25) is 5.91 Å². The minimum atomic E-state index is -0.191. The molecule has 0 bridgehead atoms. The van der Waals surface area contributed by atoms with Crippen LogP contribution in [0, 0.1) is 0 Å². The Bertz CT molecular complexity index is 777. The second-order valence-corrected chi connectivity index (χ2v) is 5.71. The molecule has 0 saturated carbocycles. The van der Waals surface area contributed by atoms with Crippen LogP contribution >= 0.6 is 0 Å². The van der Waals surface area contributed by atoms with Crippen LogP contribution in [0.25, 0.3) is 0 Å². The van der Waals surface area contributed by atoms with Crippen molar-refractivity contribution in [3.63, 3.8) is 0 Å². The highest BCUT2D eigenvalue weighted by Gasteiger charge is 2.24. The van der Waals surface area contributed by atoms with Crippen molar-refractivity contribution in [1.82, 2.24) is 14.4 Å². The number of benzene rings is 1. The Kier molecular flexibility index (Phi) is 4.74. The first-order valence-electron chi connectivity index (χ1n) is 7.93. The van der Waals surface area contributed by atoms with Gasteiger partial charge in [0.15, 0.2) is 0 Å². The van der Waals surface area contributed by atoms with E-state index in [4.69, 9.17) is 0 Å². The van der Waals surface area contributed by atoms with Crippen LogP contribution in [0.5, 0.6) is 0 Å². The topological polar surface area (TPSA) is 62.6 Å². The van der Waals surface area contributed by atoms with Gasteiger partial charge in [-0.2, -0.15) is 0 Å². The summed E-state index contributed by atoms with van der Waals surface area (Å²) in [6.45, 7) is 2.01. The third kappa shape index (κ3) is 3.53. The van der Waals surface area contributed by atoms with Crippen LogP contribution < -0.4 is 5.56 Å². The van der Waals surface area contributed by atoms with E-state index < -0.39 is 0 Å². The summed E-state index contributed by atoms with van der Waals surface area (Å²) in [5, 5.41) is 0. The normalized spacial score (nSPS) is 14.5. The number of carbonyl (C=O) groups is 2. The van der Waals surface area contributed by atoms with Crippen LogP contribution in [0.15, 0.2) is 59.5 Å². The molecule has 2 amide bonds. The largest absolute Gasteiger partial charge is 0.338 e. The standard InChI is InChI=1S/C18H19N3O3/c22-16-8-4-5-9-21(16)14-17(23)19-10-12-20(13-11-19)18(24)15-6-2-1-3-7-15/h1-9H,10-14H2. The van der Waals surface area contributed by atoms with Crippen molar-refractivity contribution in [2.75, 3.05) is 26.2 Å². The Balaban J connectivity index is 1.57. The smallest absolute Gasteiger partial charge is 0.253 e. The monoisotopic (exact) mass is 325 g/mol. The molecule has 124 valence electrons. The molecule has 0 radical (unpaired) electrons. The quantitative estimate of drug-likeness (QED) is 0.840. The first kappa shape index (κ1) is 16.0.